The number of nitrogens with zero attached hydrogens (tertiary/aromatic N) is 5. The molecule has 1 aromatic heterocycles. The van der Waals surface area contributed by atoms with Crippen LogP contribution in [0.25, 0.3) is 0 Å². The number of anilines is 1. The summed E-state index contributed by atoms with van der Waals surface area (Å²) < 4.78 is 30.0. The number of piperidine rings is 1. The maximum atomic E-state index is 13.1. The first kappa shape index (κ1) is 25.4. The van der Waals surface area contributed by atoms with Gasteiger partial charge in [-0.05, 0) is 32.3 Å². The van der Waals surface area contributed by atoms with Crippen molar-refractivity contribution in [2.45, 2.75) is 63.2 Å². The molecule has 190 valence electrons. The summed E-state index contributed by atoms with van der Waals surface area (Å²) in [5, 5.41) is 0. The van der Waals surface area contributed by atoms with E-state index in [0.717, 1.165) is 32.5 Å². The molecule has 3 heterocycles. The Labute approximate surface area is 208 Å². The molecule has 35 heavy (non-hydrogen) atoms. The summed E-state index contributed by atoms with van der Waals surface area (Å²) in [6, 6.07) is 10.2. The molecule has 9 nitrogen and oxygen atoms in total. The van der Waals surface area contributed by atoms with Gasteiger partial charge in [-0.15, -0.1) is 0 Å². The van der Waals surface area contributed by atoms with Crippen molar-refractivity contribution in [2.24, 2.45) is 0 Å². The number of likely N-dealkylation sites (tertiary alicyclic amines) is 1. The molecular weight excluding hydrogens is 466 g/mol. The number of carbonyl (C=O) groups excluding carboxylic acids is 1. The second kappa shape index (κ2) is 10.9. The number of ether oxygens (including phenoxy) is 1. The first-order chi connectivity index (χ1) is 16.8. The Morgan fingerprint density at radius 1 is 1.03 bits per heavy atom. The monoisotopic (exact) mass is 501 g/mol. The SMILES string of the molecule is CCS(=O)(=O)c1cnc(N2C[C@@H](C)N(C(=O)OC3CCN(Cc4ccccc4)CC3)[C@H](C)C2)nc1. The molecule has 2 aliphatic heterocycles. The quantitative estimate of drug-likeness (QED) is 0.596. The van der Waals surface area contributed by atoms with Crippen molar-refractivity contribution in [1.29, 1.82) is 0 Å². The molecule has 2 atom stereocenters. The fraction of sp³-hybridized carbons (Fsp3) is 0.560. The molecule has 2 saturated heterocycles. The molecule has 0 saturated carbocycles. The van der Waals surface area contributed by atoms with E-state index in [9.17, 15) is 13.2 Å². The number of amides is 1. The minimum atomic E-state index is -3.34. The molecule has 2 aliphatic rings. The standard InChI is InChI=1S/C25H35N5O4S/c1-4-35(32,33)23-14-26-24(27-15-23)29-16-19(2)30(20(3)17-29)25(31)34-22-10-12-28(13-11-22)18-21-8-6-5-7-9-21/h5-9,14-15,19-20,22H,4,10-13,16-18H2,1-3H3/t19-,20-/m1/s1. The van der Waals surface area contributed by atoms with Gasteiger partial charge in [0.2, 0.25) is 5.95 Å². The minimum absolute atomic E-state index is 0.0105. The van der Waals surface area contributed by atoms with Crippen molar-refractivity contribution in [2.75, 3.05) is 36.8 Å². The van der Waals surface area contributed by atoms with Gasteiger partial charge < -0.3 is 9.64 Å². The van der Waals surface area contributed by atoms with Crippen LogP contribution >= 0.6 is 0 Å². The summed E-state index contributed by atoms with van der Waals surface area (Å²) in [6.45, 7) is 9.41. The number of hydrogen-bond donors (Lipinski definition) is 0. The fourth-order valence-electron chi connectivity index (χ4n) is 4.88. The summed E-state index contributed by atoms with van der Waals surface area (Å²) >= 11 is 0. The van der Waals surface area contributed by atoms with Gasteiger partial charge in [0.1, 0.15) is 11.0 Å². The number of benzene rings is 1. The summed E-state index contributed by atoms with van der Waals surface area (Å²) in [7, 11) is -3.34. The minimum Gasteiger partial charge on any atom is -0.446 e. The molecular formula is C25H35N5O4S. The highest BCUT2D eigenvalue weighted by atomic mass is 32.2. The normalized spacial score (nSPS) is 22.3. The third-order valence-electron chi connectivity index (χ3n) is 6.82. The Hall–Kier alpha value is -2.72. The fourth-order valence-corrected chi connectivity index (χ4v) is 5.64. The molecule has 0 aliphatic carbocycles. The van der Waals surface area contributed by atoms with E-state index in [1.807, 2.05) is 29.7 Å². The van der Waals surface area contributed by atoms with E-state index in [1.165, 1.54) is 18.0 Å². The zero-order valence-electron chi connectivity index (χ0n) is 20.7. The molecule has 0 N–H and O–H groups in total. The number of piperazine rings is 1. The van der Waals surface area contributed by atoms with E-state index in [2.05, 4.69) is 39.1 Å². The Balaban J connectivity index is 1.29. The summed E-state index contributed by atoms with van der Waals surface area (Å²) in [5.41, 5.74) is 1.30. The van der Waals surface area contributed by atoms with Crippen molar-refractivity contribution in [1.82, 2.24) is 19.8 Å². The molecule has 2 fully saturated rings. The van der Waals surface area contributed by atoms with Gasteiger partial charge >= 0.3 is 6.09 Å². The number of sulfone groups is 1. The zero-order valence-corrected chi connectivity index (χ0v) is 21.5. The Bertz CT molecular complexity index is 1080. The maximum absolute atomic E-state index is 13.1. The molecule has 1 aromatic carbocycles. The number of carbonyl (C=O) groups is 1. The van der Waals surface area contributed by atoms with E-state index in [-0.39, 0.29) is 34.9 Å². The van der Waals surface area contributed by atoms with E-state index < -0.39 is 9.84 Å². The number of rotatable bonds is 6. The van der Waals surface area contributed by atoms with Crippen LogP contribution in [0, 0.1) is 0 Å². The Kier molecular flexibility index (Phi) is 7.91. The van der Waals surface area contributed by atoms with Gasteiger partial charge in [0, 0.05) is 32.7 Å². The van der Waals surface area contributed by atoms with Crippen LogP contribution in [0.4, 0.5) is 10.7 Å². The van der Waals surface area contributed by atoms with Crippen LogP contribution in [0.5, 0.6) is 0 Å². The first-order valence-corrected chi connectivity index (χ1v) is 14.0. The van der Waals surface area contributed by atoms with Crippen LogP contribution in [-0.2, 0) is 21.1 Å². The lowest BCUT2D eigenvalue weighted by atomic mass is 10.1. The Morgan fingerprint density at radius 3 is 2.20 bits per heavy atom. The van der Waals surface area contributed by atoms with Crippen molar-refractivity contribution < 1.29 is 17.9 Å². The van der Waals surface area contributed by atoms with Crippen molar-refractivity contribution >= 4 is 21.9 Å². The van der Waals surface area contributed by atoms with E-state index in [4.69, 9.17) is 4.74 Å². The molecule has 10 heteroatoms. The van der Waals surface area contributed by atoms with Crippen molar-refractivity contribution in [3.8, 4) is 0 Å². The van der Waals surface area contributed by atoms with Gasteiger partial charge in [-0.25, -0.2) is 23.2 Å². The summed E-state index contributed by atoms with van der Waals surface area (Å²) in [6.07, 6.45) is 4.06. The molecule has 0 bridgehead atoms. The van der Waals surface area contributed by atoms with E-state index >= 15 is 0 Å². The Morgan fingerprint density at radius 2 is 1.63 bits per heavy atom. The lowest BCUT2D eigenvalue weighted by Crippen LogP contribution is -2.59. The second-order valence-corrected chi connectivity index (χ2v) is 11.8. The van der Waals surface area contributed by atoms with Gasteiger partial charge in [-0.3, -0.25) is 9.80 Å². The predicted octanol–water partition coefficient (Wildman–Crippen LogP) is 2.97. The summed E-state index contributed by atoms with van der Waals surface area (Å²) in [4.78, 5) is 28.0. The first-order valence-electron chi connectivity index (χ1n) is 12.3. The van der Waals surface area contributed by atoms with E-state index in [0.29, 0.717) is 19.0 Å². The topological polar surface area (TPSA) is 95.9 Å². The van der Waals surface area contributed by atoms with Crippen molar-refractivity contribution in [3.63, 3.8) is 0 Å². The lowest BCUT2D eigenvalue weighted by molar-refractivity contribution is 0.00995. The largest absolute Gasteiger partial charge is 0.446 e. The predicted molar refractivity (Wildman–Crippen MR) is 134 cm³/mol. The number of aromatic nitrogens is 2. The zero-order chi connectivity index (χ0) is 25.0. The van der Waals surface area contributed by atoms with Gasteiger partial charge in [0.05, 0.1) is 30.2 Å². The van der Waals surface area contributed by atoms with Gasteiger partial charge in [-0.2, -0.15) is 0 Å². The van der Waals surface area contributed by atoms with Gasteiger partial charge in [0.25, 0.3) is 0 Å². The van der Waals surface area contributed by atoms with Crippen LogP contribution in [0.3, 0.4) is 0 Å². The average Bonchev–Trinajstić information content (AvgIpc) is 2.85. The molecule has 0 unspecified atom stereocenters. The smallest absolute Gasteiger partial charge is 0.410 e. The van der Waals surface area contributed by atoms with Gasteiger partial charge in [-0.1, -0.05) is 37.3 Å². The molecule has 2 aromatic rings. The molecule has 0 radical (unpaired) electrons. The van der Waals surface area contributed by atoms with Crippen LogP contribution in [0.1, 0.15) is 39.2 Å². The molecule has 0 spiro atoms. The third-order valence-corrected chi connectivity index (χ3v) is 8.51. The third kappa shape index (κ3) is 6.10. The number of hydrogen-bond acceptors (Lipinski definition) is 8. The average molecular weight is 502 g/mol. The highest BCUT2D eigenvalue weighted by molar-refractivity contribution is 7.91. The van der Waals surface area contributed by atoms with Crippen LogP contribution in [0.15, 0.2) is 47.6 Å². The highest BCUT2D eigenvalue weighted by Crippen LogP contribution is 2.23. The maximum Gasteiger partial charge on any atom is 0.410 e. The molecule has 1 amide bonds. The van der Waals surface area contributed by atoms with Crippen LogP contribution in [0.2, 0.25) is 0 Å². The lowest BCUT2D eigenvalue weighted by Gasteiger charge is -2.44. The van der Waals surface area contributed by atoms with E-state index in [1.54, 1.807) is 6.92 Å². The van der Waals surface area contributed by atoms with Crippen LogP contribution in [-0.4, -0.2) is 84.4 Å². The molecule has 4 rings (SSSR count). The van der Waals surface area contributed by atoms with Crippen LogP contribution < -0.4 is 4.90 Å². The second-order valence-electron chi connectivity index (χ2n) is 9.48. The van der Waals surface area contributed by atoms with Gasteiger partial charge in [0.15, 0.2) is 9.84 Å². The highest BCUT2D eigenvalue weighted by Gasteiger charge is 2.36. The summed E-state index contributed by atoms with van der Waals surface area (Å²) in [5.74, 6) is 0.480. The van der Waals surface area contributed by atoms with Crippen molar-refractivity contribution in [3.05, 3.63) is 48.3 Å².